The first-order valence-electron chi connectivity index (χ1n) is 15.2. The molecule has 6 rings (SSSR count). The second-order valence-electron chi connectivity index (χ2n) is 11.4. The van der Waals surface area contributed by atoms with Crippen LogP contribution in [0, 0.1) is 0 Å². The molecular weight excluding hydrogens is 597 g/mol. The molecule has 2 aromatic heterocycles. The van der Waals surface area contributed by atoms with Gasteiger partial charge in [-0.25, -0.2) is 4.98 Å². The lowest BCUT2D eigenvalue weighted by Gasteiger charge is -2.29. The van der Waals surface area contributed by atoms with E-state index in [0.29, 0.717) is 37.3 Å². The van der Waals surface area contributed by atoms with Crippen molar-refractivity contribution < 1.29 is 18.3 Å². The van der Waals surface area contributed by atoms with Crippen LogP contribution in [0.2, 0.25) is 0 Å². The first-order chi connectivity index (χ1) is 22.4. The van der Waals surface area contributed by atoms with Crippen LogP contribution in [0.15, 0.2) is 133 Å². The zero-order valence-electron chi connectivity index (χ0n) is 25.8. The van der Waals surface area contributed by atoms with Crippen LogP contribution in [-0.4, -0.2) is 26.7 Å². The maximum atomic E-state index is 12.9. The molecule has 0 bridgehead atoms. The Balaban J connectivity index is 1.09. The topological polar surface area (TPSA) is 87.6 Å². The van der Waals surface area contributed by atoms with E-state index in [1.807, 2.05) is 140 Å². The van der Waals surface area contributed by atoms with E-state index in [9.17, 15) is 4.79 Å². The fraction of sp³-hybridized carbons (Fsp3) is 0.189. The van der Waals surface area contributed by atoms with E-state index < -0.39 is 14.2 Å². The van der Waals surface area contributed by atoms with Crippen molar-refractivity contribution in [3.05, 3.63) is 149 Å². The highest BCUT2D eigenvalue weighted by atomic mass is 31.2. The van der Waals surface area contributed by atoms with Crippen LogP contribution in [0.3, 0.4) is 0 Å². The molecule has 0 amide bonds. The largest absolute Gasteiger partial charge is 0.493 e. The maximum Gasteiger partial charge on any atom is 0.333 e. The second-order valence-corrected chi connectivity index (χ2v) is 12.5. The van der Waals surface area contributed by atoms with Crippen molar-refractivity contribution in [2.75, 3.05) is 6.61 Å². The molecule has 46 heavy (non-hydrogen) atoms. The van der Waals surface area contributed by atoms with E-state index in [1.54, 1.807) is 0 Å². The van der Waals surface area contributed by atoms with Gasteiger partial charge in [0.25, 0.3) is 5.56 Å². The summed E-state index contributed by atoms with van der Waals surface area (Å²) >= 11 is 0. The Bertz CT molecular complexity index is 1850. The summed E-state index contributed by atoms with van der Waals surface area (Å²) in [6.45, 7) is 5.25. The third-order valence-corrected chi connectivity index (χ3v) is 8.77. The summed E-state index contributed by atoms with van der Waals surface area (Å²) in [5.41, 5.74) is 4.59. The molecule has 0 atom stereocenters. The average Bonchev–Trinajstić information content (AvgIpc) is 3.48. The van der Waals surface area contributed by atoms with Crippen molar-refractivity contribution in [1.82, 2.24) is 14.5 Å². The van der Waals surface area contributed by atoms with Gasteiger partial charge in [-0.05, 0) is 54.8 Å². The number of para-hydroxylation sites is 1. The van der Waals surface area contributed by atoms with Crippen molar-refractivity contribution in [2.45, 2.75) is 39.1 Å². The zero-order valence-corrected chi connectivity index (χ0v) is 26.7. The van der Waals surface area contributed by atoms with E-state index in [1.165, 1.54) is 6.33 Å². The lowest BCUT2D eigenvalue weighted by atomic mass is 10.1. The maximum absolute atomic E-state index is 12.9. The fourth-order valence-corrected chi connectivity index (χ4v) is 6.14. The number of benzene rings is 4. The summed E-state index contributed by atoms with van der Waals surface area (Å²) in [5.74, 6) is 0.723. The molecule has 234 valence electrons. The summed E-state index contributed by atoms with van der Waals surface area (Å²) in [4.78, 5) is 20.1. The second kappa shape index (κ2) is 14.7. The van der Waals surface area contributed by atoms with Crippen LogP contribution >= 0.6 is 8.60 Å². The van der Waals surface area contributed by atoms with Gasteiger partial charge in [0.2, 0.25) is 0 Å². The van der Waals surface area contributed by atoms with E-state index in [4.69, 9.17) is 18.3 Å². The number of H-pyrrole nitrogens is 1. The Labute approximate surface area is 269 Å². The Morgan fingerprint density at radius 1 is 0.783 bits per heavy atom. The number of aromatic amines is 1. The molecular formula is C37H36N3O5P. The van der Waals surface area contributed by atoms with Gasteiger partial charge in [0.1, 0.15) is 5.75 Å². The van der Waals surface area contributed by atoms with E-state index >= 15 is 0 Å². The molecule has 0 aliphatic carbocycles. The third-order valence-electron chi connectivity index (χ3n) is 7.44. The number of fused-ring (bicyclic) bond motifs is 1. The van der Waals surface area contributed by atoms with Gasteiger partial charge in [0.15, 0.2) is 5.65 Å². The van der Waals surface area contributed by atoms with Gasteiger partial charge in [0, 0.05) is 23.9 Å². The van der Waals surface area contributed by atoms with E-state index in [2.05, 4.69) is 9.97 Å². The minimum atomic E-state index is -1.62. The molecule has 8 nitrogen and oxygen atoms in total. The molecule has 2 heterocycles. The van der Waals surface area contributed by atoms with Gasteiger partial charge in [-0.3, -0.25) is 4.79 Å². The van der Waals surface area contributed by atoms with Gasteiger partial charge >= 0.3 is 8.60 Å². The highest BCUT2D eigenvalue weighted by molar-refractivity contribution is 7.41. The minimum absolute atomic E-state index is 0.183. The van der Waals surface area contributed by atoms with Crippen molar-refractivity contribution >= 4 is 19.6 Å². The van der Waals surface area contributed by atoms with E-state index in [0.717, 1.165) is 33.7 Å². The van der Waals surface area contributed by atoms with Crippen LogP contribution < -0.4 is 10.3 Å². The van der Waals surface area contributed by atoms with Crippen molar-refractivity contribution in [3.8, 4) is 22.6 Å². The van der Waals surface area contributed by atoms with Gasteiger partial charge in [-0.15, -0.1) is 0 Å². The molecule has 0 spiro atoms. The molecule has 0 radical (unpaired) electrons. The predicted octanol–water partition coefficient (Wildman–Crippen LogP) is 8.61. The van der Waals surface area contributed by atoms with Crippen LogP contribution in [0.25, 0.3) is 27.8 Å². The molecule has 6 aromatic rings. The quantitative estimate of drug-likeness (QED) is 0.121. The number of hydrogen-bond donors (Lipinski definition) is 1. The Morgan fingerprint density at radius 2 is 1.37 bits per heavy atom. The average molecular weight is 634 g/mol. The van der Waals surface area contributed by atoms with Crippen LogP contribution in [0.5, 0.6) is 5.75 Å². The van der Waals surface area contributed by atoms with Crippen LogP contribution in [0.4, 0.5) is 0 Å². The smallest absolute Gasteiger partial charge is 0.333 e. The molecule has 0 fully saturated rings. The van der Waals surface area contributed by atoms with Crippen molar-refractivity contribution in [1.29, 1.82) is 0 Å². The molecule has 0 saturated heterocycles. The lowest BCUT2D eigenvalue weighted by molar-refractivity contribution is 0.0404. The molecule has 0 aliphatic rings. The molecule has 4 aromatic carbocycles. The van der Waals surface area contributed by atoms with Gasteiger partial charge < -0.3 is 27.9 Å². The Kier molecular flexibility index (Phi) is 10.0. The number of ether oxygens (including phenoxy) is 1. The third kappa shape index (κ3) is 7.97. The van der Waals surface area contributed by atoms with Crippen molar-refractivity contribution in [2.24, 2.45) is 0 Å². The minimum Gasteiger partial charge on any atom is -0.493 e. The summed E-state index contributed by atoms with van der Waals surface area (Å²) in [6.07, 6.45) is 4.00. The number of aromatic nitrogens is 3. The monoisotopic (exact) mass is 633 g/mol. The lowest BCUT2D eigenvalue weighted by Crippen LogP contribution is -2.25. The standard InChI is InChI=1S/C37H36N3O5P/c1-37(2,45-46(43-25-28-12-6-3-7-13-28)44-26-29-14-8-4-9-15-29)22-23-42-32-20-18-30(19-21-32)33-24-40(31-16-10-5-11-17-31)35-34(33)36(41)39-27-38-35/h3-21,24,27H,22-23,25-26H2,1-2H3,(H,38,39,41). The van der Waals surface area contributed by atoms with Gasteiger partial charge in [0.05, 0.1) is 37.1 Å². The normalized spacial score (nSPS) is 11.7. The zero-order chi connectivity index (χ0) is 31.8. The summed E-state index contributed by atoms with van der Waals surface area (Å²) in [6, 6.07) is 37.6. The highest BCUT2D eigenvalue weighted by Gasteiger charge is 2.27. The summed E-state index contributed by atoms with van der Waals surface area (Å²) < 4.78 is 26.7. The fourth-order valence-electron chi connectivity index (χ4n) is 4.96. The van der Waals surface area contributed by atoms with Crippen LogP contribution in [0.1, 0.15) is 31.4 Å². The molecule has 0 unspecified atom stereocenters. The van der Waals surface area contributed by atoms with E-state index in [-0.39, 0.29) is 5.56 Å². The first-order valence-corrected chi connectivity index (χ1v) is 16.3. The van der Waals surface area contributed by atoms with Gasteiger partial charge in [-0.1, -0.05) is 91.0 Å². The number of rotatable bonds is 14. The number of hydrogen-bond acceptors (Lipinski definition) is 6. The molecule has 0 saturated carbocycles. The Hall–Kier alpha value is -4.59. The number of nitrogens with zero attached hydrogens (tertiary/aromatic N) is 2. The van der Waals surface area contributed by atoms with Crippen molar-refractivity contribution in [3.63, 3.8) is 0 Å². The van der Waals surface area contributed by atoms with Gasteiger partial charge in [-0.2, -0.15) is 0 Å². The SMILES string of the molecule is CC(C)(CCOc1ccc(-c2cn(-c3ccccc3)c3nc[nH]c(=O)c23)cc1)OP(OCc1ccccc1)OCc1ccccc1. The molecule has 1 N–H and O–H groups in total. The van der Waals surface area contributed by atoms with Crippen LogP contribution in [-0.2, 0) is 26.8 Å². The predicted molar refractivity (Wildman–Crippen MR) is 182 cm³/mol. The Morgan fingerprint density at radius 3 is 1.98 bits per heavy atom. The highest BCUT2D eigenvalue weighted by Crippen LogP contribution is 2.46. The molecule has 9 heteroatoms. The molecule has 0 aliphatic heterocycles. The summed E-state index contributed by atoms with van der Waals surface area (Å²) in [7, 11) is -1.62. The summed E-state index contributed by atoms with van der Waals surface area (Å²) in [5, 5.41) is 0.541. The first kappa shape index (κ1) is 31.4. The number of nitrogens with one attached hydrogen (secondary N) is 1.